The molecule has 60 valence electrons. The summed E-state index contributed by atoms with van der Waals surface area (Å²) in [6.07, 6.45) is -0.215. The third-order valence-electron chi connectivity index (χ3n) is 1.75. The Morgan fingerprint density at radius 2 is 2.00 bits per heavy atom. The largest absolute Gasteiger partial charge is 0.389 e. The molecule has 0 amide bonds. The highest BCUT2D eigenvalue weighted by molar-refractivity contribution is 6.33. The summed E-state index contributed by atoms with van der Waals surface area (Å²) in [5.41, 5.74) is 1.06. The summed E-state index contributed by atoms with van der Waals surface area (Å²) < 4.78 is 0. The van der Waals surface area contributed by atoms with Crippen LogP contribution < -0.4 is 0 Å². The first-order chi connectivity index (χ1) is 5.34. The molecule has 1 nitrogen and oxygen atoms in total. The molecule has 0 heterocycles. The lowest BCUT2D eigenvalue weighted by Crippen LogP contribution is -1.98. The van der Waals surface area contributed by atoms with E-state index in [1.54, 1.807) is 0 Å². The molecule has 0 aromatic heterocycles. The topological polar surface area (TPSA) is 20.2 Å². The number of benzene rings is 1. The molecule has 0 aliphatic carbocycles. The van der Waals surface area contributed by atoms with Crippen LogP contribution in [0.5, 0.6) is 0 Å². The molecule has 1 unspecified atom stereocenters. The normalized spacial score (nSPS) is 14.0. The zero-order valence-electron chi connectivity index (χ0n) is 6.83. The Morgan fingerprint density at radius 3 is 2.55 bits per heavy atom. The molecule has 0 aliphatic heterocycles. The minimum atomic E-state index is -0.215. The van der Waals surface area contributed by atoms with E-state index in [1.165, 1.54) is 0 Å². The maximum Gasteiger partial charge on any atom is 0.0761 e. The third-order valence-corrected chi connectivity index (χ3v) is 2.87. The molecular weight excluding hydrogens is 152 g/mol. The number of rotatable bonds is 3. The van der Waals surface area contributed by atoms with E-state index in [1.807, 2.05) is 30.3 Å². The van der Waals surface area contributed by atoms with E-state index in [0.29, 0.717) is 0 Å². The summed E-state index contributed by atoms with van der Waals surface area (Å²) in [7, 11) is -0.0273. The molecule has 1 rings (SSSR count). The van der Waals surface area contributed by atoms with E-state index in [4.69, 9.17) is 0 Å². The highest BCUT2D eigenvalue weighted by Gasteiger charge is 2.03. The highest BCUT2D eigenvalue weighted by atomic mass is 28.2. The summed E-state index contributed by atoms with van der Waals surface area (Å²) in [6.45, 7) is 2.21. The van der Waals surface area contributed by atoms with Crippen LogP contribution in [-0.2, 0) is 0 Å². The maximum absolute atomic E-state index is 9.56. The lowest BCUT2D eigenvalue weighted by molar-refractivity contribution is 0.199. The number of hydrogen-bond donors (Lipinski definition) is 1. The van der Waals surface area contributed by atoms with Gasteiger partial charge in [-0.25, -0.2) is 0 Å². The van der Waals surface area contributed by atoms with Crippen LogP contribution in [0.4, 0.5) is 0 Å². The molecule has 1 aromatic rings. The van der Waals surface area contributed by atoms with Crippen molar-refractivity contribution in [3.8, 4) is 0 Å². The predicted molar refractivity (Wildman–Crippen MR) is 50.6 cm³/mol. The Kier molecular flexibility index (Phi) is 3.33. The van der Waals surface area contributed by atoms with Crippen molar-refractivity contribution in [1.29, 1.82) is 0 Å². The molecule has 0 radical (unpaired) electrons. The van der Waals surface area contributed by atoms with Gasteiger partial charge in [-0.2, -0.15) is 0 Å². The van der Waals surface area contributed by atoms with Crippen molar-refractivity contribution in [3.63, 3.8) is 0 Å². The van der Waals surface area contributed by atoms with Gasteiger partial charge in [-0.05, 0) is 11.6 Å². The lowest BCUT2D eigenvalue weighted by atomic mass is 10.1. The fraction of sp³-hybridized carbons (Fsp3) is 0.333. The lowest BCUT2D eigenvalue weighted by Gasteiger charge is -2.07. The SMILES string of the molecule is C[SiH2]CC(O)c1ccccc1. The van der Waals surface area contributed by atoms with Crippen molar-refractivity contribution < 1.29 is 5.11 Å². The molecule has 0 saturated heterocycles. The van der Waals surface area contributed by atoms with Gasteiger partial charge in [0.1, 0.15) is 0 Å². The van der Waals surface area contributed by atoms with Gasteiger partial charge < -0.3 is 5.11 Å². The van der Waals surface area contributed by atoms with Crippen molar-refractivity contribution in [3.05, 3.63) is 35.9 Å². The van der Waals surface area contributed by atoms with E-state index in [0.717, 1.165) is 11.6 Å². The van der Waals surface area contributed by atoms with Crippen LogP contribution in [0.1, 0.15) is 11.7 Å². The first-order valence-electron chi connectivity index (χ1n) is 4.07. The van der Waals surface area contributed by atoms with Crippen molar-refractivity contribution in [2.24, 2.45) is 0 Å². The van der Waals surface area contributed by atoms with Crippen LogP contribution in [0.2, 0.25) is 12.6 Å². The van der Waals surface area contributed by atoms with Crippen LogP contribution in [0.15, 0.2) is 30.3 Å². The minimum absolute atomic E-state index is 0.0273. The van der Waals surface area contributed by atoms with Gasteiger partial charge in [0, 0.05) is 9.52 Å². The molecule has 11 heavy (non-hydrogen) atoms. The summed E-state index contributed by atoms with van der Waals surface area (Å²) in [6, 6.07) is 10.9. The van der Waals surface area contributed by atoms with Gasteiger partial charge in [0.15, 0.2) is 0 Å². The van der Waals surface area contributed by atoms with Crippen LogP contribution in [0, 0.1) is 0 Å². The summed E-state index contributed by atoms with van der Waals surface area (Å²) in [4.78, 5) is 0. The number of hydrogen-bond acceptors (Lipinski definition) is 1. The summed E-state index contributed by atoms with van der Waals surface area (Å²) in [5, 5.41) is 9.56. The van der Waals surface area contributed by atoms with Gasteiger partial charge in [-0.3, -0.25) is 0 Å². The van der Waals surface area contributed by atoms with Crippen molar-refractivity contribution in [1.82, 2.24) is 0 Å². The molecule has 1 N–H and O–H groups in total. The zero-order valence-corrected chi connectivity index (χ0v) is 8.24. The molecule has 0 aliphatic rings. The fourth-order valence-corrected chi connectivity index (χ4v) is 2.00. The Labute approximate surface area is 69.9 Å². The van der Waals surface area contributed by atoms with Gasteiger partial charge in [0.25, 0.3) is 0 Å². The van der Waals surface area contributed by atoms with E-state index in [2.05, 4.69) is 6.55 Å². The van der Waals surface area contributed by atoms with Gasteiger partial charge in [-0.15, -0.1) is 0 Å². The first kappa shape index (κ1) is 8.49. The predicted octanol–water partition coefficient (Wildman–Crippen LogP) is 1.36. The Balaban J connectivity index is 2.61. The maximum atomic E-state index is 9.56. The van der Waals surface area contributed by atoms with Gasteiger partial charge >= 0.3 is 0 Å². The second-order valence-corrected chi connectivity index (χ2v) is 4.29. The van der Waals surface area contributed by atoms with E-state index in [-0.39, 0.29) is 15.6 Å². The van der Waals surface area contributed by atoms with Crippen molar-refractivity contribution in [2.75, 3.05) is 0 Å². The molecular formula is C9H14OSi. The van der Waals surface area contributed by atoms with Gasteiger partial charge in [-0.1, -0.05) is 36.9 Å². The minimum Gasteiger partial charge on any atom is -0.389 e. The summed E-state index contributed by atoms with van der Waals surface area (Å²) >= 11 is 0. The number of aliphatic hydroxyl groups excluding tert-OH is 1. The molecule has 0 bridgehead atoms. The monoisotopic (exact) mass is 166 g/mol. The molecule has 0 spiro atoms. The zero-order chi connectivity index (χ0) is 8.10. The summed E-state index contributed by atoms with van der Waals surface area (Å²) in [5.74, 6) is 0. The standard InChI is InChI=1S/C9H14OSi/c1-11-7-9(10)8-5-3-2-4-6-8/h2-6,9-10H,7,11H2,1H3. The second-order valence-electron chi connectivity index (χ2n) is 2.72. The molecule has 1 aromatic carbocycles. The Bertz CT molecular complexity index is 198. The van der Waals surface area contributed by atoms with E-state index < -0.39 is 0 Å². The van der Waals surface area contributed by atoms with Crippen molar-refractivity contribution >= 4 is 9.52 Å². The van der Waals surface area contributed by atoms with Crippen LogP contribution >= 0.6 is 0 Å². The molecule has 0 fully saturated rings. The Hall–Kier alpha value is -0.603. The average molecular weight is 166 g/mol. The smallest absolute Gasteiger partial charge is 0.0761 e. The van der Waals surface area contributed by atoms with Crippen LogP contribution in [0.25, 0.3) is 0 Å². The fourth-order valence-electron chi connectivity index (χ4n) is 1.12. The first-order valence-corrected chi connectivity index (χ1v) is 6.49. The average Bonchev–Trinajstić information content (AvgIpc) is 2.07. The highest BCUT2D eigenvalue weighted by Crippen LogP contribution is 2.15. The van der Waals surface area contributed by atoms with Gasteiger partial charge in [0.05, 0.1) is 6.10 Å². The van der Waals surface area contributed by atoms with E-state index >= 15 is 0 Å². The van der Waals surface area contributed by atoms with Gasteiger partial charge in [0.2, 0.25) is 0 Å². The van der Waals surface area contributed by atoms with Crippen LogP contribution in [-0.4, -0.2) is 14.6 Å². The molecule has 0 saturated carbocycles. The van der Waals surface area contributed by atoms with Crippen molar-refractivity contribution in [2.45, 2.75) is 18.7 Å². The quantitative estimate of drug-likeness (QED) is 0.672. The number of aliphatic hydroxyl groups is 1. The van der Waals surface area contributed by atoms with Crippen LogP contribution in [0.3, 0.4) is 0 Å². The molecule has 2 heteroatoms. The third kappa shape index (κ3) is 2.48. The second kappa shape index (κ2) is 4.31. The Morgan fingerprint density at radius 1 is 1.36 bits per heavy atom. The molecule has 1 atom stereocenters. The van der Waals surface area contributed by atoms with E-state index in [9.17, 15) is 5.11 Å².